The van der Waals surface area contributed by atoms with Gasteiger partial charge >= 0.3 is 0 Å². The predicted molar refractivity (Wildman–Crippen MR) is 219 cm³/mol. The van der Waals surface area contributed by atoms with Crippen molar-refractivity contribution in [1.29, 1.82) is 0 Å². The summed E-state index contributed by atoms with van der Waals surface area (Å²) >= 11 is 0. The van der Waals surface area contributed by atoms with Crippen molar-refractivity contribution in [2.45, 2.75) is 12.3 Å². The Hall–Kier alpha value is -6.75. The molecule has 4 nitrogen and oxygen atoms in total. The second-order valence-corrected chi connectivity index (χ2v) is 13.6. The minimum Gasteiger partial charge on any atom is -0.455 e. The van der Waals surface area contributed by atoms with Crippen molar-refractivity contribution in [2.24, 2.45) is 4.99 Å². The van der Waals surface area contributed by atoms with Gasteiger partial charge in [0, 0.05) is 27.5 Å². The van der Waals surface area contributed by atoms with Crippen LogP contribution < -0.4 is 10.6 Å². The van der Waals surface area contributed by atoms with E-state index in [-0.39, 0.29) is 12.3 Å². The molecule has 1 aliphatic heterocycles. The first-order chi connectivity index (χ1) is 26.2. The zero-order chi connectivity index (χ0) is 35.1. The summed E-state index contributed by atoms with van der Waals surface area (Å²) < 4.78 is 6.71. The van der Waals surface area contributed by atoms with Gasteiger partial charge in [0.25, 0.3) is 0 Å². The average molecular weight is 682 g/mol. The summed E-state index contributed by atoms with van der Waals surface area (Å²) in [6, 6.07) is 66.3. The Morgan fingerprint density at radius 3 is 1.81 bits per heavy atom. The number of fused-ring (bicyclic) bond motifs is 4. The quantitative estimate of drug-likeness (QED) is 0.184. The van der Waals surface area contributed by atoms with Gasteiger partial charge in [0.1, 0.15) is 29.3 Å². The van der Waals surface area contributed by atoms with Crippen molar-refractivity contribution in [3.8, 4) is 33.4 Å². The third kappa shape index (κ3) is 5.76. The lowest BCUT2D eigenvalue weighted by Gasteiger charge is -2.32. The van der Waals surface area contributed by atoms with E-state index in [9.17, 15) is 0 Å². The highest BCUT2D eigenvalue weighted by Crippen LogP contribution is 2.40. The molecule has 0 amide bonds. The molecule has 2 atom stereocenters. The summed E-state index contributed by atoms with van der Waals surface area (Å²) in [5.74, 6) is 0.849. The standard InChI is InChI=1S/C49H35N3O/c1-3-11-32(12-4-1)34-21-23-35(24-22-34)36-25-28-38(29-26-36)48-50-47(37-14-5-2-6-15-37)51-49(52-48)43-19-10-20-44-45(43)42-18-9-17-41(46(42)53-44)40-30-27-33-13-7-8-16-39(33)31-40/h1-31,48-49,52H,(H,50,51). The van der Waals surface area contributed by atoms with Crippen molar-refractivity contribution in [3.63, 3.8) is 0 Å². The molecule has 1 aliphatic rings. The maximum absolute atomic E-state index is 6.71. The van der Waals surface area contributed by atoms with Crippen LogP contribution in [0.2, 0.25) is 0 Å². The van der Waals surface area contributed by atoms with E-state index in [2.05, 4.69) is 187 Å². The van der Waals surface area contributed by atoms with Gasteiger partial charge in [0.15, 0.2) is 0 Å². The summed E-state index contributed by atoms with van der Waals surface area (Å²) in [4.78, 5) is 5.23. The lowest BCUT2D eigenvalue weighted by atomic mass is 9.97. The summed E-state index contributed by atoms with van der Waals surface area (Å²) in [7, 11) is 0. The van der Waals surface area contributed by atoms with Crippen LogP contribution in [0.3, 0.4) is 0 Å². The van der Waals surface area contributed by atoms with Crippen LogP contribution in [0.4, 0.5) is 0 Å². The molecular weight excluding hydrogens is 647 g/mol. The Morgan fingerprint density at radius 2 is 1.08 bits per heavy atom. The van der Waals surface area contributed by atoms with E-state index in [0.717, 1.165) is 55.6 Å². The molecule has 0 saturated heterocycles. The molecule has 0 spiro atoms. The van der Waals surface area contributed by atoms with Crippen molar-refractivity contribution in [3.05, 3.63) is 205 Å². The third-order valence-electron chi connectivity index (χ3n) is 10.4. The van der Waals surface area contributed by atoms with Crippen LogP contribution in [0.15, 0.2) is 197 Å². The van der Waals surface area contributed by atoms with Gasteiger partial charge in [-0.1, -0.05) is 176 Å². The number of aliphatic imine (C=N–C) groups is 1. The molecule has 0 fully saturated rings. The number of hydrogen-bond donors (Lipinski definition) is 2. The Balaban J connectivity index is 1.02. The SMILES string of the molecule is c1ccc(C2=NC(c3ccc(-c4ccc(-c5ccccc5)cc4)cc3)NC(c3cccc4oc5c(-c6ccc7ccccc7c6)cccc5c34)N2)cc1. The van der Waals surface area contributed by atoms with E-state index in [1.807, 2.05) is 12.1 Å². The average Bonchev–Trinajstić information content (AvgIpc) is 3.63. The van der Waals surface area contributed by atoms with Crippen LogP contribution in [0.5, 0.6) is 0 Å². The van der Waals surface area contributed by atoms with E-state index >= 15 is 0 Å². The topological polar surface area (TPSA) is 49.6 Å². The minimum atomic E-state index is -0.271. The first-order valence-electron chi connectivity index (χ1n) is 18.1. The highest BCUT2D eigenvalue weighted by molar-refractivity contribution is 6.12. The van der Waals surface area contributed by atoms with Gasteiger partial charge in [-0.15, -0.1) is 0 Å². The van der Waals surface area contributed by atoms with Gasteiger partial charge in [-0.3, -0.25) is 5.32 Å². The fourth-order valence-corrected chi connectivity index (χ4v) is 7.68. The molecule has 9 aromatic rings. The van der Waals surface area contributed by atoms with Crippen molar-refractivity contribution >= 4 is 38.5 Å². The lowest BCUT2D eigenvalue weighted by Crippen LogP contribution is -2.45. The van der Waals surface area contributed by atoms with E-state index in [1.165, 1.54) is 33.0 Å². The van der Waals surface area contributed by atoms with E-state index in [4.69, 9.17) is 9.41 Å². The fourth-order valence-electron chi connectivity index (χ4n) is 7.68. The Labute approximate surface area is 308 Å². The largest absolute Gasteiger partial charge is 0.455 e. The third-order valence-corrected chi connectivity index (χ3v) is 10.4. The number of para-hydroxylation sites is 1. The van der Waals surface area contributed by atoms with Crippen LogP contribution in [0.25, 0.3) is 66.1 Å². The molecule has 0 radical (unpaired) electrons. The summed E-state index contributed by atoms with van der Waals surface area (Å²) in [5, 5.41) is 12.2. The Morgan fingerprint density at radius 1 is 0.472 bits per heavy atom. The highest BCUT2D eigenvalue weighted by atomic mass is 16.3. The minimum absolute atomic E-state index is 0.230. The predicted octanol–water partition coefficient (Wildman–Crippen LogP) is 12.1. The summed E-state index contributed by atoms with van der Waals surface area (Å²) in [5.41, 5.74) is 12.0. The number of hydrogen-bond acceptors (Lipinski definition) is 4. The second kappa shape index (κ2) is 13.1. The first-order valence-corrected chi connectivity index (χ1v) is 18.1. The molecule has 10 rings (SSSR count). The molecule has 8 aromatic carbocycles. The fraction of sp³-hybridized carbons (Fsp3) is 0.0408. The molecule has 4 heteroatoms. The van der Waals surface area contributed by atoms with Gasteiger partial charge in [-0.2, -0.15) is 0 Å². The van der Waals surface area contributed by atoms with Crippen LogP contribution >= 0.6 is 0 Å². The zero-order valence-electron chi connectivity index (χ0n) is 28.9. The maximum atomic E-state index is 6.71. The summed E-state index contributed by atoms with van der Waals surface area (Å²) in [6.07, 6.45) is -0.501. The maximum Gasteiger partial charge on any atom is 0.143 e. The monoisotopic (exact) mass is 681 g/mol. The van der Waals surface area contributed by atoms with E-state index < -0.39 is 0 Å². The Bertz CT molecular complexity index is 2770. The first kappa shape index (κ1) is 31.0. The smallest absolute Gasteiger partial charge is 0.143 e. The van der Waals surface area contributed by atoms with Gasteiger partial charge in [-0.05, 0) is 56.3 Å². The summed E-state index contributed by atoms with van der Waals surface area (Å²) in [6.45, 7) is 0. The number of nitrogens with one attached hydrogen (secondary N) is 2. The van der Waals surface area contributed by atoms with Crippen LogP contribution in [-0.4, -0.2) is 5.84 Å². The molecule has 0 saturated carbocycles. The van der Waals surface area contributed by atoms with Crippen LogP contribution in [-0.2, 0) is 0 Å². The highest BCUT2D eigenvalue weighted by Gasteiger charge is 2.28. The van der Waals surface area contributed by atoms with Gasteiger partial charge < -0.3 is 9.73 Å². The number of amidine groups is 1. The number of rotatable bonds is 6. The molecule has 0 bridgehead atoms. The van der Waals surface area contributed by atoms with Crippen LogP contribution in [0.1, 0.15) is 29.0 Å². The van der Waals surface area contributed by atoms with E-state index in [1.54, 1.807) is 0 Å². The molecule has 2 N–H and O–H groups in total. The van der Waals surface area contributed by atoms with Crippen molar-refractivity contribution in [2.75, 3.05) is 0 Å². The Kier molecular flexibility index (Phi) is 7.67. The lowest BCUT2D eigenvalue weighted by molar-refractivity contribution is 0.411. The molecule has 2 heterocycles. The van der Waals surface area contributed by atoms with Crippen LogP contribution in [0, 0.1) is 0 Å². The molecule has 2 unspecified atom stereocenters. The molecule has 0 aliphatic carbocycles. The van der Waals surface area contributed by atoms with Crippen molar-refractivity contribution in [1.82, 2.24) is 10.6 Å². The molecule has 252 valence electrons. The van der Waals surface area contributed by atoms with Gasteiger partial charge in [0.2, 0.25) is 0 Å². The molecular formula is C49H35N3O. The normalized spacial score (nSPS) is 15.7. The molecule has 1 aromatic heterocycles. The van der Waals surface area contributed by atoms with Gasteiger partial charge in [-0.25, -0.2) is 4.99 Å². The number of furan rings is 1. The second-order valence-electron chi connectivity index (χ2n) is 13.6. The number of benzene rings is 8. The number of nitrogens with zero attached hydrogens (tertiary/aromatic N) is 1. The zero-order valence-corrected chi connectivity index (χ0v) is 28.9. The van der Waals surface area contributed by atoms with E-state index in [0.29, 0.717) is 0 Å². The van der Waals surface area contributed by atoms with Crippen molar-refractivity contribution < 1.29 is 4.42 Å². The molecule has 53 heavy (non-hydrogen) atoms. The van der Waals surface area contributed by atoms with Gasteiger partial charge in [0.05, 0.1) is 0 Å².